The highest BCUT2D eigenvalue weighted by Crippen LogP contribution is 2.18. The minimum absolute atomic E-state index is 0.143. The number of hydrogen-bond donors (Lipinski definition) is 1. The molecule has 2 heteroatoms. The minimum atomic E-state index is -0.260. The highest BCUT2D eigenvalue weighted by atomic mass is 19.1. The summed E-state index contributed by atoms with van der Waals surface area (Å²) in [6.45, 7) is -0.143. The van der Waals surface area contributed by atoms with Crippen LogP contribution in [0.4, 0.5) is 4.39 Å². The van der Waals surface area contributed by atoms with Crippen LogP contribution >= 0.6 is 0 Å². The number of allylic oxidation sites excluding steroid dienone is 3. The molecule has 0 saturated carbocycles. The van der Waals surface area contributed by atoms with E-state index in [2.05, 4.69) is 0 Å². The van der Waals surface area contributed by atoms with Gasteiger partial charge in [0.25, 0.3) is 0 Å². The Morgan fingerprint density at radius 1 is 1.67 bits per heavy atom. The summed E-state index contributed by atoms with van der Waals surface area (Å²) in [6.07, 6.45) is 4.70. The van der Waals surface area contributed by atoms with E-state index in [1.165, 1.54) is 6.08 Å². The van der Waals surface area contributed by atoms with E-state index in [-0.39, 0.29) is 12.4 Å². The zero-order chi connectivity index (χ0) is 6.69. The summed E-state index contributed by atoms with van der Waals surface area (Å²) in [6, 6.07) is 0. The smallest absolute Gasteiger partial charge is 0.124 e. The molecule has 1 nitrogen and oxygen atoms in total. The van der Waals surface area contributed by atoms with Crippen molar-refractivity contribution in [3.8, 4) is 0 Å². The van der Waals surface area contributed by atoms with Gasteiger partial charge in [0.05, 0.1) is 6.61 Å². The van der Waals surface area contributed by atoms with Gasteiger partial charge >= 0.3 is 0 Å². The molecule has 0 amide bonds. The van der Waals surface area contributed by atoms with E-state index in [9.17, 15) is 4.39 Å². The molecule has 0 saturated heterocycles. The lowest BCUT2D eigenvalue weighted by Gasteiger charge is -2.05. The van der Waals surface area contributed by atoms with Crippen molar-refractivity contribution in [2.75, 3.05) is 6.61 Å². The Labute approximate surface area is 53.5 Å². The molecule has 0 bridgehead atoms. The lowest BCUT2D eigenvalue weighted by atomic mass is 10.1. The van der Waals surface area contributed by atoms with Gasteiger partial charge in [-0.1, -0.05) is 6.08 Å². The van der Waals surface area contributed by atoms with Gasteiger partial charge in [-0.3, -0.25) is 0 Å². The Morgan fingerprint density at radius 2 is 2.44 bits per heavy atom. The van der Waals surface area contributed by atoms with E-state index < -0.39 is 0 Å². The van der Waals surface area contributed by atoms with Gasteiger partial charge in [-0.15, -0.1) is 0 Å². The molecule has 1 N–H and O–H groups in total. The van der Waals surface area contributed by atoms with E-state index in [0.29, 0.717) is 12.0 Å². The van der Waals surface area contributed by atoms with E-state index in [1.807, 2.05) is 0 Å². The van der Waals surface area contributed by atoms with Gasteiger partial charge in [0.15, 0.2) is 0 Å². The fraction of sp³-hybridized carbons (Fsp3) is 0.429. The Bertz CT molecular complexity index is 158. The topological polar surface area (TPSA) is 20.2 Å². The third kappa shape index (κ3) is 1.39. The highest BCUT2D eigenvalue weighted by Gasteiger charge is 2.04. The SMILES string of the molecule is OCC1=C(F)C=CCC1. The van der Waals surface area contributed by atoms with Gasteiger partial charge in [0.1, 0.15) is 5.83 Å². The van der Waals surface area contributed by atoms with Crippen LogP contribution in [-0.2, 0) is 0 Å². The molecule has 0 aliphatic heterocycles. The van der Waals surface area contributed by atoms with Gasteiger partial charge in [-0.25, -0.2) is 4.39 Å². The monoisotopic (exact) mass is 128 g/mol. The van der Waals surface area contributed by atoms with E-state index >= 15 is 0 Å². The largest absolute Gasteiger partial charge is 0.392 e. The molecule has 0 spiro atoms. The van der Waals surface area contributed by atoms with Gasteiger partial charge in [0.2, 0.25) is 0 Å². The predicted molar refractivity (Wildman–Crippen MR) is 33.6 cm³/mol. The van der Waals surface area contributed by atoms with Crippen LogP contribution in [-0.4, -0.2) is 11.7 Å². The van der Waals surface area contributed by atoms with Gasteiger partial charge in [-0.05, 0) is 24.5 Å². The Hall–Kier alpha value is -0.630. The van der Waals surface area contributed by atoms with Crippen molar-refractivity contribution in [2.45, 2.75) is 12.8 Å². The van der Waals surface area contributed by atoms with Crippen molar-refractivity contribution in [3.05, 3.63) is 23.6 Å². The Balaban J connectivity index is 2.72. The fourth-order valence-electron chi connectivity index (χ4n) is 0.836. The molecule has 0 fully saturated rings. The number of rotatable bonds is 1. The summed E-state index contributed by atoms with van der Waals surface area (Å²) < 4.78 is 12.5. The molecule has 0 aromatic carbocycles. The predicted octanol–water partition coefficient (Wildman–Crippen LogP) is 1.55. The second kappa shape index (κ2) is 2.78. The summed E-state index contributed by atoms with van der Waals surface area (Å²) in [4.78, 5) is 0. The second-order valence-corrected chi connectivity index (χ2v) is 2.05. The minimum Gasteiger partial charge on any atom is -0.392 e. The van der Waals surface area contributed by atoms with Crippen LogP contribution in [0.25, 0.3) is 0 Å². The average molecular weight is 128 g/mol. The van der Waals surface area contributed by atoms with Crippen molar-refractivity contribution in [2.24, 2.45) is 0 Å². The molecule has 1 aliphatic rings. The first-order valence-electron chi connectivity index (χ1n) is 2.99. The molecule has 0 aromatic rings. The number of aliphatic hydroxyl groups is 1. The maximum absolute atomic E-state index is 12.5. The molecule has 9 heavy (non-hydrogen) atoms. The van der Waals surface area contributed by atoms with E-state index in [1.54, 1.807) is 6.08 Å². The maximum atomic E-state index is 12.5. The van der Waals surface area contributed by atoms with Crippen molar-refractivity contribution in [3.63, 3.8) is 0 Å². The summed E-state index contributed by atoms with van der Waals surface area (Å²) in [7, 11) is 0. The zero-order valence-corrected chi connectivity index (χ0v) is 5.10. The van der Waals surface area contributed by atoms with Crippen molar-refractivity contribution in [1.82, 2.24) is 0 Å². The van der Waals surface area contributed by atoms with Gasteiger partial charge in [0, 0.05) is 0 Å². The number of halogens is 1. The molecule has 0 heterocycles. The molecule has 0 radical (unpaired) electrons. The standard InChI is InChI=1S/C7H9FO/c8-7-4-2-1-3-6(7)5-9/h2,4,9H,1,3,5H2. The molecular formula is C7H9FO. The van der Waals surface area contributed by atoms with Crippen LogP contribution in [0.5, 0.6) is 0 Å². The second-order valence-electron chi connectivity index (χ2n) is 2.05. The maximum Gasteiger partial charge on any atom is 0.124 e. The lowest BCUT2D eigenvalue weighted by molar-refractivity contribution is 0.321. The molecule has 0 aromatic heterocycles. The molecule has 0 unspecified atom stereocenters. The van der Waals surface area contributed by atoms with Crippen LogP contribution in [0.15, 0.2) is 23.6 Å². The normalized spacial score (nSPS) is 18.9. The molecule has 1 rings (SSSR count). The van der Waals surface area contributed by atoms with Crippen molar-refractivity contribution >= 4 is 0 Å². The number of hydrogen-bond acceptors (Lipinski definition) is 1. The summed E-state index contributed by atoms with van der Waals surface area (Å²) >= 11 is 0. The van der Waals surface area contributed by atoms with Crippen LogP contribution < -0.4 is 0 Å². The van der Waals surface area contributed by atoms with Crippen LogP contribution in [0.1, 0.15) is 12.8 Å². The van der Waals surface area contributed by atoms with Crippen LogP contribution in [0, 0.1) is 0 Å². The third-order valence-electron chi connectivity index (χ3n) is 1.41. The van der Waals surface area contributed by atoms with E-state index in [0.717, 1.165) is 6.42 Å². The molecular weight excluding hydrogens is 119 g/mol. The van der Waals surface area contributed by atoms with Gasteiger partial charge in [-0.2, -0.15) is 0 Å². The number of aliphatic hydroxyl groups excluding tert-OH is 1. The molecule has 1 aliphatic carbocycles. The van der Waals surface area contributed by atoms with Crippen LogP contribution in [0.3, 0.4) is 0 Å². The highest BCUT2D eigenvalue weighted by molar-refractivity contribution is 5.23. The van der Waals surface area contributed by atoms with E-state index in [4.69, 9.17) is 5.11 Å². The molecule has 50 valence electrons. The average Bonchev–Trinajstić information content (AvgIpc) is 1.89. The molecule has 0 atom stereocenters. The first kappa shape index (κ1) is 6.49. The summed E-state index contributed by atoms with van der Waals surface area (Å²) in [5.41, 5.74) is 0.525. The van der Waals surface area contributed by atoms with Crippen molar-refractivity contribution in [1.29, 1.82) is 0 Å². The fourth-order valence-corrected chi connectivity index (χ4v) is 0.836. The van der Waals surface area contributed by atoms with Crippen LogP contribution in [0.2, 0.25) is 0 Å². The summed E-state index contributed by atoms with van der Waals surface area (Å²) in [5.74, 6) is -0.260. The summed E-state index contributed by atoms with van der Waals surface area (Å²) in [5, 5.41) is 8.53. The zero-order valence-electron chi connectivity index (χ0n) is 5.10. The first-order valence-corrected chi connectivity index (χ1v) is 2.99. The lowest BCUT2D eigenvalue weighted by Crippen LogP contribution is -1.95. The van der Waals surface area contributed by atoms with Gasteiger partial charge < -0.3 is 5.11 Å². The first-order chi connectivity index (χ1) is 4.34. The quantitative estimate of drug-likeness (QED) is 0.568. The third-order valence-corrected chi connectivity index (χ3v) is 1.41. The van der Waals surface area contributed by atoms with Crippen molar-refractivity contribution < 1.29 is 9.50 Å². The Morgan fingerprint density at radius 3 is 2.89 bits per heavy atom. The Kier molecular flexibility index (Phi) is 2.01.